The SMILES string of the molecule is CCCCC(CC)CS(=O)(O)(CC(CC)CCCC)P(=O)=O. The van der Waals surface area contributed by atoms with Crippen LogP contribution in [0.1, 0.15) is 79.1 Å². The molecule has 4 nitrogen and oxygen atoms in total. The number of hydrogen-bond donors (Lipinski definition) is 1. The zero-order valence-electron chi connectivity index (χ0n) is 14.8. The molecular formula is C16H35O4PS. The van der Waals surface area contributed by atoms with E-state index in [4.69, 9.17) is 0 Å². The van der Waals surface area contributed by atoms with Gasteiger partial charge in [0.2, 0.25) is 0 Å². The van der Waals surface area contributed by atoms with Gasteiger partial charge in [0.15, 0.2) is 0 Å². The van der Waals surface area contributed by atoms with E-state index < -0.39 is 15.8 Å². The van der Waals surface area contributed by atoms with Gasteiger partial charge in [-0.15, -0.1) is 0 Å². The fourth-order valence-corrected chi connectivity index (χ4v) is 8.01. The van der Waals surface area contributed by atoms with Gasteiger partial charge in [-0.2, -0.15) is 4.21 Å². The first kappa shape index (κ1) is 22.0. The Kier molecular flexibility index (Phi) is 10.0. The van der Waals surface area contributed by atoms with Crippen molar-refractivity contribution in [1.82, 2.24) is 0 Å². The summed E-state index contributed by atoms with van der Waals surface area (Å²) in [5.41, 5.74) is 0. The summed E-state index contributed by atoms with van der Waals surface area (Å²) in [7, 11) is -4.59. The van der Waals surface area contributed by atoms with E-state index in [-0.39, 0.29) is 23.3 Å². The van der Waals surface area contributed by atoms with Crippen molar-refractivity contribution in [3.8, 4) is 0 Å². The van der Waals surface area contributed by atoms with E-state index >= 15 is 0 Å². The van der Waals surface area contributed by atoms with Crippen LogP contribution in [-0.4, -0.2) is 20.3 Å². The average Bonchev–Trinajstić information content (AvgIpc) is 2.47. The number of hydrogen-bond acceptors (Lipinski definition) is 3. The van der Waals surface area contributed by atoms with Gasteiger partial charge < -0.3 is 0 Å². The molecule has 0 rings (SSSR count). The van der Waals surface area contributed by atoms with Crippen LogP contribution in [-0.2, 0) is 18.1 Å². The zero-order chi connectivity index (χ0) is 17.3. The first-order valence-electron chi connectivity index (χ1n) is 8.75. The molecule has 6 heteroatoms. The monoisotopic (exact) mass is 354 g/mol. The molecule has 0 heterocycles. The molecule has 2 atom stereocenters. The molecule has 0 aliphatic heterocycles. The third-order valence-electron chi connectivity index (χ3n) is 4.57. The van der Waals surface area contributed by atoms with Gasteiger partial charge in [0.25, 0.3) is 0 Å². The second-order valence-electron chi connectivity index (χ2n) is 6.58. The maximum absolute atomic E-state index is 13.1. The van der Waals surface area contributed by atoms with Gasteiger partial charge in [-0.1, -0.05) is 75.2 Å². The topological polar surface area (TPSA) is 71.4 Å². The van der Waals surface area contributed by atoms with Crippen molar-refractivity contribution >= 4 is 15.8 Å². The summed E-state index contributed by atoms with van der Waals surface area (Å²) in [4.78, 5) is 0. The van der Waals surface area contributed by atoms with Crippen LogP contribution in [0, 0.1) is 11.8 Å². The van der Waals surface area contributed by atoms with E-state index in [2.05, 4.69) is 13.8 Å². The molecule has 0 saturated carbocycles. The minimum Gasteiger partial charge on any atom is -0.292 e. The highest BCUT2D eigenvalue weighted by atomic mass is 32.8. The predicted molar refractivity (Wildman–Crippen MR) is 95.4 cm³/mol. The zero-order valence-corrected chi connectivity index (χ0v) is 16.5. The summed E-state index contributed by atoms with van der Waals surface area (Å²) in [5, 5.41) is 0. The van der Waals surface area contributed by atoms with Crippen LogP contribution in [0.25, 0.3) is 0 Å². The molecule has 0 radical (unpaired) electrons. The molecular weight excluding hydrogens is 319 g/mol. The molecule has 1 N–H and O–H groups in total. The first-order valence-corrected chi connectivity index (χ1v) is 12.8. The molecule has 0 aromatic rings. The third-order valence-corrected chi connectivity index (χ3v) is 10.5. The van der Waals surface area contributed by atoms with Crippen molar-refractivity contribution < 1.29 is 17.9 Å². The Balaban J connectivity index is 5.20. The lowest BCUT2D eigenvalue weighted by Gasteiger charge is -2.40. The van der Waals surface area contributed by atoms with Gasteiger partial charge in [0.05, 0.1) is 11.5 Å². The predicted octanol–water partition coefficient (Wildman–Crippen LogP) is 5.80. The lowest BCUT2D eigenvalue weighted by Crippen LogP contribution is -2.40. The van der Waals surface area contributed by atoms with E-state index in [0.29, 0.717) is 0 Å². The normalized spacial score (nSPS) is 16.7. The second-order valence-corrected chi connectivity index (χ2v) is 13.4. The fourth-order valence-electron chi connectivity index (χ4n) is 2.93. The highest BCUT2D eigenvalue weighted by molar-refractivity contribution is 8.57. The Morgan fingerprint density at radius 1 is 0.864 bits per heavy atom. The summed E-state index contributed by atoms with van der Waals surface area (Å²) >= 11 is 0. The van der Waals surface area contributed by atoms with Crippen molar-refractivity contribution in [2.24, 2.45) is 11.8 Å². The van der Waals surface area contributed by atoms with Crippen LogP contribution < -0.4 is 0 Å². The Morgan fingerprint density at radius 2 is 1.23 bits per heavy atom. The van der Waals surface area contributed by atoms with Gasteiger partial charge >= 0.3 is 6.88 Å². The van der Waals surface area contributed by atoms with E-state index in [9.17, 15) is 17.9 Å². The van der Waals surface area contributed by atoms with Gasteiger partial charge in [-0.3, -0.25) is 4.55 Å². The van der Waals surface area contributed by atoms with Crippen molar-refractivity contribution in [3.63, 3.8) is 0 Å². The van der Waals surface area contributed by atoms with Crippen LogP contribution in [0.3, 0.4) is 0 Å². The van der Waals surface area contributed by atoms with Gasteiger partial charge in [0.1, 0.15) is 0 Å². The van der Waals surface area contributed by atoms with Crippen molar-refractivity contribution in [2.45, 2.75) is 79.1 Å². The van der Waals surface area contributed by atoms with Crippen LogP contribution in [0.15, 0.2) is 0 Å². The Labute approximate surface area is 136 Å². The van der Waals surface area contributed by atoms with Crippen molar-refractivity contribution in [3.05, 3.63) is 0 Å². The summed E-state index contributed by atoms with van der Waals surface area (Å²) < 4.78 is 47.3. The Morgan fingerprint density at radius 3 is 1.45 bits per heavy atom. The van der Waals surface area contributed by atoms with Crippen molar-refractivity contribution in [1.29, 1.82) is 0 Å². The highest BCUT2D eigenvalue weighted by Gasteiger charge is 2.38. The Hall–Kier alpha value is 0.01000. The molecule has 0 aliphatic carbocycles. The largest absolute Gasteiger partial charge is 0.433 e. The summed E-state index contributed by atoms with van der Waals surface area (Å²) in [5.74, 6) is -0.119. The molecule has 134 valence electrons. The van der Waals surface area contributed by atoms with Gasteiger partial charge in [-0.25, -0.2) is 9.13 Å². The summed E-state index contributed by atoms with van der Waals surface area (Å²) in [6.45, 7) is 4.77. The maximum Gasteiger partial charge on any atom is 0.433 e. The molecule has 0 bridgehead atoms. The second kappa shape index (κ2) is 10.00. The molecule has 0 amide bonds. The van der Waals surface area contributed by atoms with Gasteiger partial charge in [-0.05, 0) is 24.7 Å². The Bertz CT molecular complexity index is 415. The molecule has 0 aromatic carbocycles. The molecule has 0 spiro atoms. The number of unbranched alkanes of at least 4 members (excludes halogenated alkanes) is 2. The summed E-state index contributed by atoms with van der Waals surface area (Å²) in [6, 6.07) is 0. The molecule has 0 aliphatic rings. The summed E-state index contributed by atoms with van der Waals surface area (Å²) in [6.07, 6.45) is 7.16. The average molecular weight is 354 g/mol. The van der Waals surface area contributed by atoms with Crippen molar-refractivity contribution in [2.75, 3.05) is 11.5 Å². The minimum absolute atomic E-state index is 0.0148. The van der Waals surface area contributed by atoms with Gasteiger partial charge in [0, 0.05) is 0 Å². The fraction of sp³-hybridized carbons (Fsp3) is 1.00. The lowest BCUT2D eigenvalue weighted by molar-refractivity contribution is 0.432. The first-order chi connectivity index (χ1) is 10.2. The highest BCUT2D eigenvalue weighted by Crippen LogP contribution is 2.45. The smallest absolute Gasteiger partial charge is 0.292 e. The van der Waals surface area contributed by atoms with E-state index in [0.717, 1.165) is 51.4 Å². The molecule has 22 heavy (non-hydrogen) atoms. The van der Waals surface area contributed by atoms with E-state index in [1.54, 1.807) is 0 Å². The standard InChI is InChI=1S/C16H35O4PS/c1-5-9-11-15(7-3)13-22(19,20,21(17)18)14-16(8-4)12-10-6-2/h15-16H,5-14H2,1-4H3,(H,19,20). The maximum atomic E-state index is 13.1. The van der Waals surface area contributed by atoms with Crippen LogP contribution >= 0.6 is 6.88 Å². The third kappa shape index (κ3) is 7.06. The van der Waals surface area contributed by atoms with E-state index in [1.165, 1.54) is 0 Å². The van der Waals surface area contributed by atoms with Crippen LogP contribution in [0.5, 0.6) is 0 Å². The lowest BCUT2D eigenvalue weighted by atomic mass is 10.0. The molecule has 0 saturated heterocycles. The van der Waals surface area contributed by atoms with Crippen LogP contribution in [0.2, 0.25) is 0 Å². The van der Waals surface area contributed by atoms with E-state index in [1.807, 2.05) is 13.8 Å². The molecule has 0 aromatic heterocycles. The molecule has 0 fully saturated rings. The minimum atomic E-state index is -4.59. The number of rotatable bonds is 13. The quantitative estimate of drug-likeness (QED) is 0.424. The van der Waals surface area contributed by atoms with Crippen LogP contribution in [0.4, 0.5) is 0 Å². The molecule has 2 unspecified atom stereocenters.